The van der Waals surface area contributed by atoms with Crippen molar-refractivity contribution in [3.8, 4) is 0 Å². The number of hydrogen-bond donors (Lipinski definition) is 1. The number of carbonyl (C=O) groups is 1. The number of thioether (sulfide) groups is 1. The van der Waals surface area contributed by atoms with Gasteiger partial charge in [0, 0.05) is 18.1 Å². The van der Waals surface area contributed by atoms with Crippen LogP contribution < -0.4 is 0 Å². The summed E-state index contributed by atoms with van der Waals surface area (Å²) < 4.78 is 0. The van der Waals surface area contributed by atoms with Gasteiger partial charge >= 0.3 is 5.97 Å². The van der Waals surface area contributed by atoms with Crippen LogP contribution in [0.3, 0.4) is 0 Å². The van der Waals surface area contributed by atoms with E-state index in [4.69, 9.17) is 16.7 Å². The lowest BCUT2D eigenvalue weighted by Gasteiger charge is -1.96. The summed E-state index contributed by atoms with van der Waals surface area (Å²) in [5.74, 6) is 1.98. The van der Waals surface area contributed by atoms with Crippen molar-refractivity contribution in [1.29, 1.82) is 0 Å². The molecule has 1 N–H and O–H groups in total. The average Bonchev–Trinajstić information content (AvgIpc) is 1.96. The van der Waals surface area contributed by atoms with Gasteiger partial charge in [-0.25, -0.2) is 0 Å². The summed E-state index contributed by atoms with van der Waals surface area (Å²) in [6, 6.07) is 0. The van der Waals surface area contributed by atoms with Crippen molar-refractivity contribution >= 4 is 29.3 Å². The van der Waals surface area contributed by atoms with Gasteiger partial charge in [-0.15, -0.1) is 11.6 Å². The quantitative estimate of drug-likeness (QED) is 0.501. The predicted octanol–water partition coefficient (Wildman–Crippen LogP) is 2.21. The van der Waals surface area contributed by atoms with Gasteiger partial charge in [0.05, 0.1) is 0 Å². The molecule has 0 aliphatic carbocycles. The summed E-state index contributed by atoms with van der Waals surface area (Å²) in [6.45, 7) is 0. The maximum absolute atomic E-state index is 10.1. The smallest absolute Gasteiger partial charge is 0.303 e. The van der Waals surface area contributed by atoms with E-state index in [9.17, 15) is 4.79 Å². The van der Waals surface area contributed by atoms with E-state index in [1.54, 1.807) is 11.8 Å². The molecule has 66 valence electrons. The third-order valence-electron chi connectivity index (χ3n) is 1.15. The maximum Gasteiger partial charge on any atom is 0.303 e. The van der Waals surface area contributed by atoms with Crippen LogP contribution in [0.15, 0.2) is 0 Å². The summed E-state index contributed by atoms with van der Waals surface area (Å²) in [5.41, 5.74) is 0. The Kier molecular flexibility index (Phi) is 8.29. The molecule has 0 rings (SSSR count). The zero-order valence-electron chi connectivity index (χ0n) is 6.38. The molecule has 2 nitrogen and oxygen atoms in total. The highest BCUT2D eigenvalue weighted by Crippen LogP contribution is 2.06. The Labute approximate surface area is 76.3 Å². The van der Waals surface area contributed by atoms with Crippen LogP contribution in [0.1, 0.15) is 19.3 Å². The molecule has 0 aromatic carbocycles. The number of carboxylic acid groups (broad SMARTS) is 1. The Balaban J connectivity index is 2.85. The van der Waals surface area contributed by atoms with E-state index in [0.717, 1.165) is 24.3 Å². The van der Waals surface area contributed by atoms with Gasteiger partial charge in [-0.3, -0.25) is 4.79 Å². The Hall–Kier alpha value is 0.110. The van der Waals surface area contributed by atoms with E-state index in [1.165, 1.54) is 0 Å². The van der Waals surface area contributed by atoms with Gasteiger partial charge in [-0.05, 0) is 18.6 Å². The van der Waals surface area contributed by atoms with Crippen LogP contribution >= 0.6 is 23.4 Å². The van der Waals surface area contributed by atoms with Crippen LogP contribution in [0, 0.1) is 0 Å². The number of rotatable bonds is 7. The predicted molar refractivity (Wildman–Crippen MR) is 49.5 cm³/mol. The number of halogens is 1. The van der Waals surface area contributed by atoms with Crippen molar-refractivity contribution in [3.63, 3.8) is 0 Å². The third kappa shape index (κ3) is 10.1. The molecule has 4 heteroatoms. The van der Waals surface area contributed by atoms with Gasteiger partial charge in [-0.1, -0.05) is 0 Å². The minimum Gasteiger partial charge on any atom is -0.481 e. The fourth-order valence-electron chi connectivity index (χ4n) is 0.637. The van der Waals surface area contributed by atoms with Gasteiger partial charge < -0.3 is 5.11 Å². The average molecular weight is 197 g/mol. The number of aliphatic carboxylic acids is 1. The first-order chi connectivity index (χ1) is 5.27. The molecule has 0 aliphatic rings. The molecule has 0 saturated heterocycles. The molecule has 0 spiro atoms. The number of alkyl halides is 1. The molecule has 0 aliphatic heterocycles. The summed E-state index contributed by atoms with van der Waals surface area (Å²) in [5, 5.41) is 8.29. The first-order valence-corrected chi connectivity index (χ1v) is 5.32. The molecule has 0 radical (unpaired) electrons. The normalized spacial score (nSPS) is 9.91. The van der Waals surface area contributed by atoms with Crippen LogP contribution in [-0.2, 0) is 4.79 Å². The largest absolute Gasteiger partial charge is 0.481 e. The van der Waals surface area contributed by atoms with Crippen LogP contribution in [-0.4, -0.2) is 28.5 Å². The van der Waals surface area contributed by atoms with E-state index < -0.39 is 5.97 Å². The highest BCUT2D eigenvalue weighted by atomic mass is 35.5. The fourth-order valence-corrected chi connectivity index (χ4v) is 1.69. The topological polar surface area (TPSA) is 37.3 Å². The summed E-state index contributed by atoms with van der Waals surface area (Å²) in [7, 11) is 0. The second-order valence-corrected chi connectivity index (χ2v) is 3.75. The molecular weight excluding hydrogens is 184 g/mol. The summed E-state index contributed by atoms with van der Waals surface area (Å²) in [4.78, 5) is 10.1. The first-order valence-electron chi connectivity index (χ1n) is 3.63. The molecular formula is C7H13ClO2S. The lowest BCUT2D eigenvalue weighted by molar-refractivity contribution is -0.137. The maximum atomic E-state index is 10.1. The molecule has 0 bridgehead atoms. The van der Waals surface area contributed by atoms with E-state index in [0.29, 0.717) is 12.3 Å². The fraction of sp³-hybridized carbons (Fsp3) is 0.857. The molecule has 0 heterocycles. The molecule has 0 unspecified atom stereocenters. The molecule has 0 saturated carbocycles. The van der Waals surface area contributed by atoms with E-state index >= 15 is 0 Å². The van der Waals surface area contributed by atoms with Crippen LogP contribution in [0.2, 0.25) is 0 Å². The Bertz CT molecular complexity index is 109. The van der Waals surface area contributed by atoms with E-state index in [1.807, 2.05) is 0 Å². The van der Waals surface area contributed by atoms with Crippen molar-refractivity contribution in [2.75, 3.05) is 17.4 Å². The Morgan fingerprint density at radius 3 is 2.64 bits per heavy atom. The van der Waals surface area contributed by atoms with Gasteiger partial charge in [0.15, 0.2) is 0 Å². The molecule has 0 aromatic heterocycles. The van der Waals surface area contributed by atoms with Crippen LogP contribution in [0.5, 0.6) is 0 Å². The zero-order valence-corrected chi connectivity index (χ0v) is 7.96. The highest BCUT2D eigenvalue weighted by molar-refractivity contribution is 7.99. The lowest BCUT2D eigenvalue weighted by atomic mass is 10.3. The van der Waals surface area contributed by atoms with E-state index in [-0.39, 0.29) is 0 Å². The highest BCUT2D eigenvalue weighted by Gasteiger charge is 1.95. The zero-order chi connectivity index (χ0) is 8.53. The molecule has 0 atom stereocenters. The van der Waals surface area contributed by atoms with Gasteiger partial charge in [0.2, 0.25) is 0 Å². The van der Waals surface area contributed by atoms with Gasteiger partial charge in [0.1, 0.15) is 0 Å². The number of unbranched alkanes of at least 4 members (excludes halogenated alkanes) is 1. The van der Waals surface area contributed by atoms with Crippen LogP contribution in [0.25, 0.3) is 0 Å². The second-order valence-electron chi connectivity index (χ2n) is 2.15. The monoisotopic (exact) mass is 196 g/mol. The van der Waals surface area contributed by atoms with Crippen LogP contribution in [0.4, 0.5) is 0 Å². The summed E-state index contributed by atoms with van der Waals surface area (Å²) in [6.07, 6.45) is 2.06. The van der Waals surface area contributed by atoms with Crippen molar-refractivity contribution in [2.24, 2.45) is 0 Å². The number of carboxylic acids is 1. The SMILES string of the molecule is O=C(O)CCCCSCCCl. The minimum absolute atomic E-state index is 0.293. The van der Waals surface area contributed by atoms with E-state index in [2.05, 4.69) is 0 Å². The van der Waals surface area contributed by atoms with Crippen molar-refractivity contribution in [1.82, 2.24) is 0 Å². The molecule has 0 amide bonds. The Morgan fingerprint density at radius 1 is 1.36 bits per heavy atom. The number of hydrogen-bond acceptors (Lipinski definition) is 2. The van der Waals surface area contributed by atoms with Crippen molar-refractivity contribution in [2.45, 2.75) is 19.3 Å². The van der Waals surface area contributed by atoms with Gasteiger partial charge in [-0.2, -0.15) is 11.8 Å². The third-order valence-corrected chi connectivity index (χ3v) is 2.63. The van der Waals surface area contributed by atoms with Crippen molar-refractivity contribution < 1.29 is 9.90 Å². The Morgan fingerprint density at radius 2 is 2.09 bits per heavy atom. The summed E-state index contributed by atoms with van der Waals surface area (Å²) >= 11 is 7.23. The standard InChI is InChI=1S/C7H13ClO2S/c8-4-6-11-5-2-1-3-7(9)10/h1-6H2,(H,9,10). The molecule has 11 heavy (non-hydrogen) atoms. The second kappa shape index (κ2) is 8.21. The lowest BCUT2D eigenvalue weighted by Crippen LogP contribution is -1.94. The molecule has 0 fully saturated rings. The first kappa shape index (κ1) is 11.1. The molecule has 0 aromatic rings. The van der Waals surface area contributed by atoms with Crippen molar-refractivity contribution in [3.05, 3.63) is 0 Å². The minimum atomic E-state index is -0.702. The van der Waals surface area contributed by atoms with Gasteiger partial charge in [0.25, 0.3) is 0 Å².